The molecule has 5 heteroatoms. The molecule has 1 rings (SSSR count). The maximum atomic E-state index is 12.8. The summed E-state index contributed by atoms with van der Waals surface area (Å²) >= 11 is 0. The molecule has 0 spiro atoms. The van der Waals surface area contributed by atoms with Crippen LogP contribution in [0.3, 0.4) is 0 Å². The van der Waals surface area contributed by atoms with E-state index in [0.717, 1.165) is 25.7 Å². The van der Waals surface area contributed by atoms with Gasteiger partial charge in [-0.25, -0.2) is 0 Å². The van der Waals surface area contributed by atoms with Crippen LogP contribution in [0, 0.1) is 0 Å². The zero-order valence-electron chi connectivity index (χ0n) is 11.7. The first kappa shape index (κ1) is 16.2. The number of para-hydroxylation sites is 1. The molecule has 0 aliphatic carbocycles. The van der Waals surface area contributed by atoms with Gasteiger partial charge in [-0.1, -0.05) is 38.8 Å². The largest absolute Gasteiger partial charge is 0.507 e. The van der Waals surface area contributed by atoms with E-state index in [4.69, 9.17) is 9.05 Å². The van der Waals surface area contributed by atoms with Gasteiger partial charge in [-0.15, -0.1) is 0 Å². The fourth-order valence-electron chi connectivity index (χ4n) is 1.53. The molecule has 0 fully saturated rings. The van der Waals surface area contributed by atoms with Crippen LogP contribution in [0.2, 0.25) is 0 Å². The quantitative estimate of drug-likeness (QED) is 0.553. The minimum Gasteiger partial charge on any atom is -0.507 e. The molecule has 0 heterocycles. The molecule has 0 amide bonds. The highest BCUT2D eigenvalue weighted by Crippen LogP contribution is 2.49. The fraction of sp³-hybridized carbons (Fsp3) is 0.571. The van der Waals surface area contributed by atoms with Crippen molar-refractivity contribution in [2.24, 2.45) is 0 Å². The number of phenols is 1. The van der Waals surface area contributed by atoms with Crippen LogP contribution in [0.5, 0.6) is 5.75 Å². The lowest BCUT2D eigenvalue weighted by Gasteiger charge is -2.19. The minimum atomic E-state index is -3.42. The molecule has 0 saturated carbocycles. The van der Waals surface area contributed by atoms with Gasteiger partial charge in [0.25, 0.3) is 0 Å². The molecular formula is C14H23O4P. The average molecular weight is 286 g/mol. The molecule has 0 unspecified atom stereocenters. The van der Waals surface area contributed by atoms with Crippen LogP contribution >= 0.6 is 7.60 Å². The Morgan fingerprint density at radius 1 is 1.05 bits per heavy atom. The minimum absolute atomic E-state index is 0.0427. The van der Waals surface area contributed by atoms with Crippen molar-refractivity contribution in [3.8, 4) is 5.75 Å². The predicted molar refractivity (Wildman–Crippen MR) is 77.1 cm³/mol. The highest BCUT2D eigenvalue weighted by molar-refractivity contribution is 7.62. The highest BCUT2D eigenvalue weighted by Gasteiger charge is 2.30. The van der Waals surface area contributed by atoms with E-state index in [1.165, 1.54) is 6.07 Å². The third-order valence-corrected chi connectivity index (χ3v) is 4.71. The second-order valence-electron chi connectivity index (χ2n) is 4.36. The summed E-state index contributed by atoms with van der Waals surface area (Å²) in [5, 5.41) is 10.1. The molecule has 0 aliphatic heterocycles. The number of unbranched alkanes of at least 4 members (excludes halogenated alkanes) is 2. The van der Waals surface area contributed by atoms with E-state index in [0.29, 0.717) is 13.2 Å². The van der Waals surface area contributed by atoms with Crippen LogP contribution < -0.4 is 5.30 Å². The molecule has 0 aliphatic rings. The zero-order valence-corrected chi connectivity index (χ0v) is 12.6. The molecule has 1 aromatic rings. The highest BCUT2D eigenvalue weighted by atomic mass is 31.2. The zero-order chi connectivity index (χ0) is 14.1. The fourth-order valence-corrected chi connectivity index (χ4v) is 3.25. The van der Waals surface area contributed by atoms with E-state index in [-0.39, 0.29) is 11.1 Å². The first-order chi connectivity index (χ1) is 9.14. The van der Waals surface area contributed by atoms with Gasteiger partial charge < -0.3 is 14.2 Å². The lowest BCUT2D eigenvalue weighted by Crippen LogP contribution is -2.12. The predicted octanol–water partition coefficient (Wildman–Crippen LogP) is 3.84. The van der Waals surface area contributed by atoms with Crippen molar-refractivity contribution in [3.63, 3.8) is 0 Å². The van der Waals surface area contributed by atoms with Gasteiger partial charge in [0.1, 0.15) is 11.1 Å². The Morgan fingerprint density at radius 2 is 1.58 bits per heavy atom. The standard InChI is InChI=1S/C14H23O4P/c1-3-5-11-17-19(16,18-12-6-4-2)14-10-8-7-9-13(14)15/h7-10,15H,3-6,11-12H2,1-2H3. The van der Waals surface area contributed by atoms with Crippen molar-refractivity contribution in [1.82, 2.24) is 0 Å². The van der Waals surface area contributed by atoms with Crippen LogP contribution in [0.25, 0.3) is 0 Å². The molecule has 0 atom stereocenters. The Morgan fingerprint density at radius 3 is 2.05 bits per heavy atom. The molecule has 0 saturated heterocycles. The Labute approximate surface area is 115 Å². The second-order valence-corrected chi connectivity index (χ2v) is 6.35. The summed E-state index contributed by atoms with van der Waals surface area (Å²) in [5.41, 5.74) is 0. The summed E-state index contributed by atoms with van der Waals surface area (Å²) in [7, 11) is -3.42. The van der Waals surface area contributed by atoms with Gasteiger partial charge in [-0.2, -0.15) is 0 Å². The van der Waals surface area contributed by atoms with Crippen molar-refractivity contribution in [2.75, 3.05) is 13.2 Å². The first-order valence-corrected chi connectivity index (χ1v) is 8.36. The maximum Gasteiger partial charge on any atom is 0.365 e. The topological polar surface area (TPSA) is 55.8 Å². The van der Waals surface area contributed by atoms with E-state index in [1.807, 2.05) is 13.8 Å². The smallest absolute Gasteiger partial charge is 0.365 e. The molecule has 19 heavy (non-hydrogen) atoms. The molecule has 1 N–H and O–H groups in total. The van der Waals surface area contributed by atoms with Gasteiger partial charge >= 0.3 is 7.60 Å². The summed E-state index contributed by atoms with van der Waals surface area (Å²) in [6, 6.07) is 6.48. The van der Waals surface area contributed by atoms with Gasteiger partial charge in [0.2, 0.25) is 0 Å². The number of phenolic OH excluding ortho intramolecular Hbond substituents is 1. The Hall–Kier alpha value is -0.830. The van der Waals surface area contributed by atoms with Gasteiger partial charge in [-0.3, -0.25) is 4.57 Å². The lowest BCUT2D eigenvalue weighted by atomic mass is 10.3. The van der Waals surface area contributed by atoms with E-state index in [1.54, 1.807) is 18.2 Å². The molecule has 108 valence electrons. The molecule has 0 aromatic heterocycles. The van der Waals surface area contributed by atoms with Crippen molar-refractivity contribution in [3.05, 3.63) is 24.3 Å². The first-order valence-electron chi connectivity index (χ1n) is 6.81. The summed E-state index contributed by atoms with van der Waals surface area (Å²) in [4.78, 5) is 0. The Kier molecular flexibility index (Phi) is 7.14. The molecule has 0 radical (unpaired) electrons. The van der Waals surface area contributed by atoms with E-state index < -0.39 is 7.60 Å². The van der Waals surface area contributed by atoms with Gasteiger partial charge in [0.15, 0.2) is 0 Å². The number of hydrogen-bond donors (Lipinski definition) is 1. The molecular weight excluding hydrogens is 263 g/mol. The Bertz CT molecular complexity index is 406. The van der Waals surface area contributed by atoms with Gasteiger partial charge in [0.05, 0.1) is 13.2 Å². The van der Waals surface area contributed by atoms with Crippen LogP contribution in [0.4, 0.5) is 0 Å². The van der Waals surface area contributed by atoms with Gasteiger partial charge in [-0.05, 0) is 25.0 Å². The third kappa shape index (κ3) is 4.98. The average Bonchev–Trinajstić information content (AvgIpc) is 2.40. The molecule has 4 nitrogen and oxygen atoms in total. The number of benzene rings is 1. The lowest BCUT2D eigenvalue weighted by molar-refractivity contribution is 0.208. The number of aromatic hydroxyl groups is 1. The van der Waals surface area contributed by atoms with E-state index in [9.17, 15) is 9.67 Å². The number of rotatable bonds is 9. The summed E-state index contributed by atoms with van der Waals surface area (Å²) in [6.45, 7) is 4.81. The molecule has 0 bridgehead atoms. The molecule has 1 aromatic carbocycles. The second kappa shape index (κ2) is 8.36. The number of hydrogen-bond acceptors (Lipinski definition) is 4. The van der Waals surface area contributed by atoms with Crippen molar-refractivity contribution in [2.45, 2.75) is 39.5 Å². The van der Waals surface area contributed by atoms with Crippen LogP contribution in [0.15, 0.2) is 24.3 Å². The van der Waals surface area contributed by atoms with Crippen LogP contribution in [-0.2, 0) is 13.6 Å². The summed E-state index contributed by atoms with van der Waals surface area (Å²) in [6.07, 6.45) is 3.54. The monoisotopic (exact) mass is 286 g/mol. The SMILES string of the molecule is CCCCOP(=O)(OCCCC)c1ccccc1O. The van der Waals surface area contributed by atoms with Crippen LogP contribution in [-0.4, -0.2) is 18.3 Å². The van der Waals surface area contributed by atoms with Gasteiger partial charge in [0, 0.05) is 0 Å². The van der Waals surface area contributed by atoms with Crippen molar-refractivity contribution in [1.29, 1.82) is 0 Å². The van der Waals surface area contributed by atoms with Crippen LogP contribution in [0.1, 0.15) is 39.5 Å². The maximum absolute atomic E-state index is 12.8. The normalized spacial score (nSPS) is 11.7. The van der Waals surface area contributed by atoms with E-state index >= 15 is 0 Å². The van der Waals surface area contributed by atoms with E-state index in [2.05, 4.69) is 0 Å². The summed E-state index contributed by atoms with van der Waals surface area (Å²) < 4.78 is 23.7. The third-order valence-electron chi connectivity index (χ3n) is 2.70. The summed E-state index contributed by atoms with van der Waals surface area (Å²) in [5.74, 6) is -0.0427. The van der Waals surface area contributed by atoms with Crippen molar-refractivity contribution < 1.29 is 18.7 Å². The Balaban J connectivity index is 2.84. The van der Waals surface area contributed by atoms with Crippen molar-refractivity contribution >= 4 is 12.9 Å².